The summed E-state index contributed by atoms with van der Waals surface area (Å²) in [5.41, 5.74) is 1.04. The van der Waals surface area contributed by atoms with Crippen LogP contribution >= 0.6 is 0 Å². The second-order valence-corrected chi connectivity index (χ2v) is 4.92. The molecule has 0 aliphatic carbocycles. The first kappa shape index (κ1) is 14.3. The Labute approximate surface area is 128 Å². The predicted octanol–water partition coefficient (Wildman–Crippen LogP) is 3.13. The van der Waals surface area contributed by atoms with Gasteiger partial charge in [0, 0.05) is 6.42 Å². The first-order valence-electron chi connectivity index (χ1n) is 7.08. The molecule has 0 amide bonds. The SMILES string of the molecule is O=C(O)c1ccccc1OCc1ccc2c(c1)OCCCO2. The Balaban J connectivity index is 1.74. The van der Waals surface area contributed by atoms with Crippen LogP contribution in [0.1, 0.15) is 22.3 Å². The highest BCUT2D eigenvalue weighted by molar-refractivity contribution is 5.90. The fourth-order valence-corrected chi connectivity index (χ4v) is 2.23. The van der Waals surface area contributed by atoms with E-state index in [0.717, 1.165) is 17.7 Å². The molecule has 2 aromatic carbocycles. The summed E-state index contributed by atoms with van der Waals surface area (Å²) in [4.78, 5) is 11.1. The first-order chi connectivity index (χ1) is 10.7. The van der Waals surface area contributed by atoms with Crippen LogP contribution in [0.2, 0.25) is 0 Å². The van der Waals surface area contributed by atoms with Gasteiger partial charge in [-0.3, -0.25) is 0 Å². The normalized spacial score (nSPS) is 13.3. The largest absolute Gasteiger partial charge is 0.490 e. The molecule has 0 bridgehead atoms. The number of aromatic carboxylic acids is 1. The molecule has 5 nitrogen and oxygen atoms in total. The summed E-state index contributed by atoms with van der Waals surface area (Å²) in [5, 5.41) is 9.14. The van der Waals surface area contributed by atoms with E-state index in [2.05, 4.69) is 0 Å². The van der Waals surface area contributed by atoms with Crippen molar-refractivity contribution in [2.75, 3.05) is 13.2 Å². The van der Waals surface area contributed by atoms with E-state index in [0.29, 0.717) is 24.7 Å². The number of carboxylic acids is 1. The van der Waals surface area contributed by atoms with Crippen LogP contribution in [-0.2, 0) is 6.61 Å². The molecule has 1 aliphatic heterocycles. The van der Waals surface area contributed by atoms with Crippen LogP contribution in [-0.4, -0.2) is 24.3 Å². The van der Waals surface area contributed by atoms with E-state index in [4.69, 9.17) is 19.3 Å². The lowest BCUT2D eigenvalue weighted by Crippen LogP contribution is -2.03. The minimum absolute atomic E-state index is 0.150. The maximum absolute atomic E-state index is 11.1. The lowest BCUT2D eigenvalue weighted by molar-refractivity contribution is 0.0691. The third-order valence-electron chi connectivity index (χ3n) is 3.32. The summed E-state index contributed by atoms with van der Waals surface area (Å²) in [7, 11) is 0. The second-order valence-electron chi connectivity index (χ2n) is 4.92. The summed E-state index contributed by atoms with van der Waals surface area (Å²) in [6.07, 6.45) is 0.854. The maximum atomic E-state index is 11.1. The zero-order valence-corrected chi connectivity index (χ0v) is 12.0. The lowest BCUT2D eigenvalue weighted by atomic mass is 10.2. The van der Waals surface area contributed by atoms with Gasteiger partial charge in [-0.05, 0) is 29.8 Å². The van der Waals surface area contributed by atoms with Crippen molar-refractivity contribution < 1.29 is 24.1 Å². The number of rotatable bonds is 4. The molecule has 0 saturated carbocycles. The number of hydrogen-bond acceptors (Lipinski definition) is 4. The third-order valence-corrected chi connectivity index (χ3v) is 3.32. The summed E-state index contributed by atoms with van der Waals surface area (Å²) < 4.78 is 16.8. The van der Waals surface area contributed by atoms with Crippen molar-refractivity contribution in [3.05, 3.63) is 53.6 Å². The van der Waals surface area contributed by atoms with Gasteiger partial charge in [0.25, 0.3) is 0 Å². The van der Waals surface area contributed by atoms with Crippen molar-refractivity contribution in [1.29, 1.82) is 0 Å². The quantitative estimate of drug-likeness (QED) is 0.939. The Kier molecular flexibility index (Phi) is 4.14. The van der Waals surface area contributed by atoms with Crippen molar-refractivity contribution in [2.45, 2.75) is 13.0 Å². The van der Waals surface area contributed by atoms with Crippen LogP contribution in [0.3, 0.4) is 0 Å². The molecule has 0 spiro atoms. The summed E-state index contributed by atoms with van der Waals surface area (Å²) >= 11 is 0. The molecule has 0 radical (unpaired) electrons. The van der Waals surface area contributed by atoms with Gasteiger partial charge in [-0.2, -0.15) is 0 Å². The first-order valence-corrected chi connectivity index (χ1v) is 7.08. The predicted molar refractivity (Wildman–Crippen MR) is 79.8 cm³/mol. The molecule has 0 unspecified atom stereocenters. The van der Waals surface area contributed by atoms with Crippen LogP contribution in [0.15, 0.2) is 42.5 Å². The highest BCUT2D eigenvalue weighted by Crippen LogP contribution is 2.31. The van der Waals surface area contributed by atoms with Gasteiger partial charge in [0.05, 0.1) is 13.2 Å². The second kappa shape index (κ2) is 6.39. The molecule has 2 aromatic rings. The average molecular weight is 300 g/mol. The number of para-hydroxylation sites is 1. The molecule has 114 valence electrons. The molecule has 22 heavy (non-hydrogen) atoms. The number of hydrogen-bond donors (Lipinski definition) is 1. The van der Waals surface area contributed by atoms with Crippen molar-refractivity contribution in [1.82, 2.24) is 0 Å². The molecule has 1 aliphatic rings. The van der Waals surface area contributed by atoms with Crippen LogP contribution in [0.25, 0.3) is 0 Å². The molecule has 5 heteroatoms. The summed E-state index contributed by atoms with van der Waals surface area (Å²) in [6.45, 7) is 1.54. The van der Waals surface area contributed by atoms with E-state index in [1.807, 2.05) is 18.2 Å². The molecule has 0 aromatic heterocycles. The number of carboxylic acid groups (broad SMARTS) is 1. The molecular formula is C17H16O5. The smallest absolute Gasteiger partial charge is 0.339 e. The minimum Gasteiger partial charge on any atom is -0.490 e. The fourth-order valence-electron chi connectivity index (χ4n) is 2.23. The number of ether oxygens (including phenoxy) is 3. The van der Waals surface area contributed by atoms with E-state index < -0.39 is 5.97 Å². The van der Waals surface area contributed by atoms with Crippen LogP contribution in [0.5, 0.6) is 17.2 Å². The zero-order chi connectivity index (χ0) is 15.4. The summed E-state index contributed by atoms with van der Waals surface area (Å²) in [5.74, 6) is 0.772. The summed E-state index contributed by atoms with van der Waals surface area (Å²) in [6, 6.07) is 12.2. The zero-order valence-electron chi connectivity index (χ0n) is 12.0. The van der Waals surface area contributed by atoms with Gasteiger partial charge >= 0.3 is 5.97 Å². The van der Waals surface area contributed by atoms with Crippen molar-refractivity contribution in [3.8, 4) is 17.2 Å². The Hall–Kier alpha value is -2.69. The Morgan fingerprint density at radius 1 is 1.09 bits per heavy atom. The van der Waals surface area contributed by atoms with E-state index in [1.54, 1.807) is 18.2 Å². The van der Waals surface area contributed by atoms with E-state index in [-0.39, 0.29) is 12.2 Å². The van der Waals surface area contributed by atoms with Crippen molar-refractivity contribution in [2.24, 2.45) is 0 Å². The molecule has 1 N–H and O–H groups in total. The topological polar surface area (TPSA) is 65.0 Å². The van der Waals surface area contributed by atoms with Gasteiger partial charge in [0.1, 0.15) is 17.9 Å². The number of fused-ring (bicyclic) bond motifs is 1. The van der Waals surface area contributed by atoms with Gasteiger partial charge in [-0.15, -0.1) is 0 Å². The van der Waals surface area contributed by atoms with Gasteiger partial charge in [0.2, 0.25) is 0 Å². The maximum Gasteiger partial charge on any atom is 0.339 e. The van der Waals surface area contributed by atoms with E-state index in [9.17, 15) is 4.79 Å². The van der Waals surface area contributed by atoms with E-state index >= 15 is 0 Å². The molecule has 0 atom stereocenters. The molecule has 0 saturated heterocycles. The van der Waals surface area contributed by atoms with Gasteiger partial charge in [0.15, 0.2) is 11.5 Å². The Morgan fingerprint density at radius 3 is 2.68 bits per heavy atom. The van der Waals surface area contributed by atoms with Gasteiger partial charge in [-0.25, -0.2) is 4.79 Å². The van der Waals surface area contributed by atoms with Crippen molar-refractivity contribution in [3.63, 3.8) is 0 Å². The Morgan fingerprint density at radius 2 is 1.86 bits per heavy atom. The van der Waals surface area contributed by atoms with Crippen LogP contribution in [0.4, 0.5) is 0 Å². The number of benzene rings is 2. The van der Waals surface area contributed by atoms with Gasteiger partial charge < -0.3 is 19.3 Å². The highest BCUT2D eigenvalue weighted by Gasteiger charge is 2.13. The van der Waals surface area contributed by atoms with Crippen molar-refractivity contribution >= 4 is 5.97 Å². The molecule has 0 fully saturated rings. The standard InChI is InChI=1S/C17H16O5/c18-17(19)13-4-1-2-5-14(13)22-11-12-6-7-15-16(10-12)21-9-3-8-20-15/h1-2,4-7,10H,3,8-9,11H2,(H,18,19). The minimum atomic E-state index is -1.01. The highest BCUT2D eigenvalue weighted by atomic mass is 16.5. The fraction of sp³-hybridized carbons (Fsp3) is 0.235. The molecule has 1 heterocycles. The number of carbonyl (C=O) groups is 1. The molecular weight excluding hydrogens is 284 g/mol. The monoisotopic (exact) mass is 300 g/mol. The van der Waals surface area contributed by atoms with Gasteiger partial charge in [-0.1, -0.05) is 18.2 Å². The van der Waals surface area contributed by atoms with E-state index in [1.165, 1.54) is 6.07 Å². The molecule has 3 rings (SSSR count). The average Bonchev–Trinajstić information content (AvgIpc) is 2.77. The van der Waals surface area contributed by atoms with Crippen LogP contribution < -0.4 is 14.2 Å². The lowest BCUT2D eigenvalue weighted by Gasteiger charge is -2.11. The van der Waals surface area contributed by atoms with Crippen LogP contribution in [0, 0.1) is 0 Å². The Bertz CT molecular complexity index is 680. The third kappa shape index (κ3) is 3.14.